The molecule has 0 aliphatic heterocycles. The third kappa shape index (κ3) is 2.92. The second-order valence-electron chi connectivity index (χ2n) is 4.47. The number of carbonyl (C=O) groups is 1. The standard InChI is InChI=1S/C14H13N3O4/c1-8-6-9(13(15)11(7-8)17(20)21)14(19)16-10-4-2-3-5-12(10)18/h2-7,18H,15H2,1H3,(H,16,19). The lowest BCUT2D eigenvalue weighted by Gasteiger charge is -2.10. The Morgan fingerprint density at radius 2 is 2.00 bits per heavy atom. The van der Waals surface area contributed by atoms with E-state index < -0.39 is 10.8 Å². The van der Waals surface area contributed by atoms with Gasteiger partial charge in [0.2, 0.25) is 0 Å². The number of hydrogen-bond donors (Lipinski definition) is 3. The Morgan fingerprint density at radius 1 is 1.33 bits per heavy atom. The number of nitrogens with two attached hydrogens (primary N) is 1. The molecule has 0 saturated heterocycles. The summed E-state index contributed by atoms with van der Waals surface area (Å²) < 4.78 is 0. The Bertz CT molecular complexity index is 728. The molecule has 2 rings (SSSR count). The van der Waals surface area contributed by atoms with Crippen LogP contribution in [-0.4, -0.2) is 15.9 Å². The molecule has 0 radical (unpaired) electrons. The Balaban J connectivity index is 2.40. The van der Waals surface area contributed by atoms with Crippen molar-refractivity contribution >= 4 is 23.0 Å². The van der Waals surface area contributed by atoms with E-state index in [2.05, 4.69) is 5.32 Å². The van der Waals surface area contributed by atoms with E-state index in [1.165, 1.54) is 24.3 Å². The molecule has 0 heterocycles. The lowest BCUT2D eigenvalue weighted by Crippen LogP contribution is -2.15. The molecule has 0 bridgehead atoms. The number of hydrogen-bond acceptors (Lipinski definition) is 5. The molecular formula is C14H13N3O4. The maximum atomic E-state index is 12.2. The van der Waals surface area contributed by atoms with Crippen LogP contribution < -0.4 is 11.1 Å². The van der Waals surface area contributed by atoms with Crippen LogP contribution in [0.2, 0.25) is 0 Å². The maximum absolute atomic E-state index is 12.2. The summed E-state index contributed by atoms with van der Waals surface area (Å²) in [6.45, 7) is 1.63. The predicted octanol–water partition coefficient (Wildman–Crippen LogP) is 2.44. The Hall–Kier alpha value is -3.09. The minimum absolute atomic E-state index is 0.00930. The van der Waals surface area contributed by atoms with Crippen LogP contribution in [0.1, 0.15) is 15.9 Å². The third-order valence-corrected chi connectivity index (χ3v) is 2.90. The summed E-state index contributed by atoms with van der Waals surface area (Å²) in [6, 6.07) is 8.92. The van der Waals surface area contributed by atoms with Gasteiger partial charge in [0.05, 0.1) is 16.2 Å². The molecular weight excluding hydrogens is 274 g/mol. The van der Waals surface area contributed by atoms with Gasteiger partial charge >= 0.3 is 0 Å². The minimum atomic E-state index is -0.640. The largest absolute Gasteiger partial charge is 0.506 e. The first-order chi connectivity index (χ1) is 9.90. The van der Waals surface area contributed by atoms with Gasteiger partial charge in [-0.1, -0.05) is 12.1 Å². The number of nitrogen functional groups attached to an aromatic ring is 1. The molecule has 108 valence electrons. The van der Waals surface area contributed by atoms with Crippen LogP contribution in [-0.2, 0) is 0 Å². The van der Waals surface area contributed by atoms with Crippen molar-refractivity contribution in [2.75, 3.05) is 11.1 Å². The first-order valence-electron chi connectivity index (χ1n) is 6.04. The molecule has 0 atom stereocenters. The van der Waals surface area contributed by atoms with Crippen LogP contribution in [0.4, 0.5) is 17.1 Å². The average molecular weight is 287 g/mol. The van der Waals surface area contributed by atoms with Crippen molar-refractivity contribution in [2.24, 2.45) is 0 Å². The van der Waals surface area contributed by atoms with Crippen molar-refractivity contribution in [3.8, 4) is 5.75 Å². The second kappa shape index (κ2) is 5.49. The summed E-state index contributed by atoms with van der Waals surface area (Å²) in [6.07, 6.45) is 0. The highest BCUT2D eigenvalue weighted by Crippen LogP contribution is 2.29. The third-order valence-electron chi connectivity index (χ3n) is 2.90. The van der Waals surface area contributed by atoms with E-state index in [-0.39, 0.29) is 28.4 Å². The van der Waals surface area contributed by atoms with Gasteiger partial charge in [-0.3, -0.25) is 14.9 Å². The molecule has 0 saturated carbocycles. The zero-order valence-electron chi connectivity index (χ0n) is 11.2. The smallest absolute Gasteiger partial charge is 0.293 e. The van der Waals surface area contributed by atoms with E-state index in [9.17, 15) is 20.0 Å². The molecule has 0 unspecified atom stereocenters. The fourth-order valence-electron chi connectivity index (χ4n) is 1.89. The maximum Gasteiger partial charge on any atom is 0.293 e. The fourth-order valence-corrected chi connectivity index (χ4v) is 1.89. The van der Waals surface area contributed by atoms with Crippen molar-refractivity contribution in [1.82, 2.24) is 0 Å². The van der Waals surface area contributed by atoms with Crippen molar-refractivity contribution in [3.63, 3.8) is 0 Å². The van der Waals surface area contributed by atoms with Crippen molar-refractivity contribution < 1.29 is 14.8 Å². The molecule has 2 aromatic rings. The predicted molar refractivity (Wildman–Crippen MR) is 78.3 cm³/mol. The van der Waals surface area contributed by atoms with Crippen molar-refractivity contribution in [2.45, 2.75) is 6.92 Å². The number of phenolic OH excluding ortho intramolecular Hbond substituents is 1. The van der Waals surface area contributed by atoms with Crippen LogP contribution in [0.25, 0.3) is 0 Å². The van der Waals surface area contributed by atoms with Gasteiger partial charge in [-0.2, -0.15) is 0 Å². The quantitative estimate of drug-likeness (QED) is 0.347. The van der Waals surface area contributed by atoms with E-state index >= 15 is 0 Å². The number of phenols is 1. The highest BCUT2D eigenvalue weighted by Gasteiger charge is 2.21. The zero-order chi connectivity index (χ0) is 15.6. The normalized spacial score (nSPS) is 10.1. The number of nitro groups is 1. The van der Waals surface area contributed by atoms with E-state index in [4.69, 9.17) is 5.73 Å². The SMILES string of the molecule is Cc1cc(C(=O)Nc2ccccc2O)c(N)c([N+](=O)[O-])c1. The molecule has 7 nitrogen and oxygen atoms in total. The second-order valence-corrected chi connectivity index (χ2v) is 4.47. The van der Waals surface area contributed by atoms with Gasteiger partial charge in [0.15, 0.2) is 0 Å². The van der Waals surface area contributed by atoms with Gasteiger partial charge in [0.25, 0.3) is 11.6 Å². The highest BCUT2D eigenvalue weighted by atomic mass is 16.6. The molecule has 21 heavy (non-hydrogen) atoms. The summed E-state index contributed by atoms with van der Waals surface area (Å²) in [4.78, 5) is 22.5. The Morgan fingerprint density at radius 3 is 2.62 bits per heavy atom. The van der Waals surface area contributed by atoms with E-state index in [1.54, 1.807) is 19.1 Å². The summed E-state index contributed by atoms with van der Waals surface area (Å²) in [5.74, 6) is -0.729. The van der Waals surface area contributed by atoms with Crippen molar-refractivity contribution in [1.29, 1.82) is 0 Å². The number of aryl methyl sites for hydroxylation is 1. The number of nitro benzene ring substituents is 1. The molecule has 0 aliphatic rings. The molecule has 1 amide bonds. The Kier molecular flexibility index (Phi) is 3.75. The number of carbonyl (C=O) groups excluding carboxylic acids is 1. The number of nitrogens with one attached hydrogen (secondary N) is 1. The van der Waals surface area contributed by atoms with Gasteiger partial charge in [-0.15, -0.1) is 0 Å². The van der Waals surface area contributed by atoms with Crippen LogP contribution in [0, 0.1) is 17.0 Å². The van der Waals surface area contributed by atoms with Crippen molar-refractivity contribution in [3.05, 3.63) is 57.6 Å². The molecule has 0 fully saturated rings. The summed E-state index contributed by atoms with van der Waals surface area (Å²) >= 11 is 0. The first-order valence-corrected chi connectivity index (χ1v) is 6.04. The van der Waals surface area contributed by atoms with Gasteiger partial charge in [-0.05, 0) is 30.7 Å². The monoisotopic (exact) mass is 287 g/mol. The number of para-hydroxylation sites is 2. The summed E-state index contributed by atoms with van der Waals surface area (Å²) in [5.41, 5.74) is 5.88. The number of anilines is 2. The minimum Gasteiger partial charge on any atom is -0.506 e. The molecule has 2 aromatic carbocycles. The molecule has 0 spiro atoms. The van der Waals surface area contributed by atoms with Gasteiger partial charge in [-0.25, -0.2) is 0 Å². The molecule has 4 N–H and O–H groups in total. The lowest BCUT2D eigenvalue weighted by atomic mass is 10.1. The van der Waals surface area contributed by atoms with Gasteiger partial charge in [0.1, 0.15) is 11.4 Å². The van der Waals surface area contributed by atoms with Crippen LogP contribution in [0.15, 0.2) is 36.4 Å². The fraction of sp³-hybridized carbons (Fsp3) is 0.0714. The van der Waals surface area contributed by atoms with Gasteiger partial charge in [0, 0.05) is 6.07 Å². The number of benzene rings is 2. The Labute approximate surface area is 120 Å². The van der Waals surface area contributed by atoms with E-state index in [1.807, 2.05) is 0 Å². The van der Waals surface area contributed by atoms with Crippen LogP contribution >= 0.6 is 0 Å². The zero-order valence-corrected chi connectivity index (χ0v) is 11.2. The van der Waals surface area contributed by atoms with Crippen LogP contribution in [0.5, 0.6) is 5.75 Å². The molecule has 0 aromatic heterocycles. The topological polar surface area (TPSA) is 118 Å². The highest BCUT2D eigenvalue weighted by molar-refractivity contribution is 6.09. The number of aromatic hydroxyl groups is 1. The lowest BCUT2D eigenvalue weighted by molar-refractivity contribution is -0.384. The first kappa shape index (κ1) is 14.3. The summed E-state index contributed by atoms with van der Waals surface area (Å²) in [5, 5.41) is 23.0. The number of rotatable bonds is 3. The van der Waals surface area contributed by atoms with E-state index in [0.717, 1.165) is 0 Å². The van der Waals surface area contributed by atoms with Crippen LogP contribution in [0.3, 0.4) is 0 Å². The average Bonchev–Trinajstić information content (AvgIpc) is 2.43. The molecule has 7 heteroatoms. The molecule has 0 aliphatic carbocycles. The van der Waals surface area contributed by atoms with E-state index in [0.29, 0.717) is 5.56 Å². The number of nitrogens with zero attached hydrogens (tertiary/aromatic N) is 1. The summed E-state index contributed by atoms with van der Waals surface area (Å²) in [7, 11) is 0. The number of amides is 1. The van der Waals surface area contributed by atoms with Gasteiger partial charge < -0.3 is 16.2 Å².